The van der Waals surface area contributed by atoms with Gasteiger partial charge in [0, 0.05) is 0 Å². The molecular formula is C9H6F6N. The largest absolute Gasteiger partial charge is 0.433 e. The van der Waals surface area contributed by atoms with Crippen molar-refractivity contribution in [3.05, 3.63) is 36.0 Å². The van der Waals surface area contributed by atoms with Crippen LogP contribution in [0.4, 0.5) is 26.3 Å². The maximum Gasteiger partial charge on any atom is 0.433 e. The molecule has 1 heterocycles. The molecule has 0 saturated heterocycles. The molecule has 0 spiro atoms. The van der Waals surface area contributed by atoms with Gasteiger partial charge in [-0.15, -0.1) is 0 Å². The van der Waals surface area contributed by atoms with Gasteiger partial charge in [0.2, 0.25) is 0 Å². The Labute approximate surface area is 87.1 Å². The Hall–Kier alpha value is -1.27. The number of aromatic nitrogens is 1. The summed E-state index contributed by atoms with van der Waals surface area (Å²) in [5, 5.41) is 0. The van der Waals surface area contributed by atoms with Crippen molar-refractivity contribution in [1.29, 1.82) is 0 Å². The lowest BCUT2D eigenvalue weighted by Gasteiger charge is -2.12. The van der Waals surface area contributed by atoms with Crippen LogP contribution in [-0.2, 0) is 18.8 Å². The molecule has 0 aliphatic carbocycles. The van der Waals surface area contributed by atoms with Crippen LogP contribution in [0.5, 0.6) is 0 Å². The fourth-order valence-corrected chi connectivity index (χ4v) is 1.02. The van der Waals surface area contributed by atoms with E-state index >= 15 is 0 Å². The van der Waals surface area contributed by atoms with Gasteiger partial charge in [0.1, 0.15) is 11.4 Å². The Morgan fingerprint density at radius 3 is 1.56 bits per heavy atom. The van der Waals surface area contributed by atoms with E-state index in [9.17, 15) is 26.3 Å². The van der Waals surface area contributed by atoms with E-state index in [0.717, 1.165) is 0 Å². The molecule has 1 rings (SSSR count). The molecule has 1 nitrogen and oxygen atoms in total. The van der Waals surface area contributed by atoms with Gasteiger partial charge in [-0.3, -0.25) is 0 Å². The first-order valence-electron chi connectivity index (χ1n) is 4.09. The molecule has 1 aromatic rings. The van der Waals surface area contributed by atoms with Crippen LogP contribution >= 0.6 is 0 Å². The van der Waals surface area contributed by atoms with E-state index in [1.54, 1.807) is 0 Å². The quantitative estimate of drug-likeness (QED) is 0.687. The van der Waals surface area contributed by atoms with Gasteiger partial charge in [-0.2, -0.15) is 26.3 Å². The third kappa shape index (κ3) is 2.86. The van der Waals surface area contributed by atoms with Gasteiger partial charge >= 0.3 is 12.4 Å². The van der Waals surface area contributed by atoms with E-state index in [1.807, 2.05) is 0 Å². The van der Waals surface area contributed by atoms with Gasteiger partial charge in [0.05, 0.1) is 0 Å². The van der Waals surface area contributed by atoms with Crippen LogP contribution in [-0.4, -0.2) is 4.98 Å². The van der Waals surface area contributed by atoms with E-state index in [2.05, 4.69) is 11.9 Å². The standard InChI is InChI=1S/C9H6F6N/c1-2-5-3-6(8(10,11)12)16-7(4-5)9(13,14)15/h3-4H,1-2H2. The summed E-state index contributed by atoms with van der Waals surface area (Å²) in [5.41, 5.74) is -3.27. The minimum Gasteiger partial charge on any atom is -0.239 e. The van der Waals surface area contributed by atoms with Crippen LogP contribution in [0.25, 0.3) is 0 Å². The third-order valence-electron chi connectivity index (χ3n) is 1.75. The topological polar surface area (TPSA) is 12.9 Å². The van der Waals surface area contributed by atoms with E-state index in [-0.39, 0.29) is 12.0 Å². The molecule has 0 atom stereocenters. The summed E-state index contributed by atoms with van der Waals surface area (Å²) in [4.78, 5) is 2.55. The Balaban J connectivity index is 3.33. The van der Waals surface area contributed by atoms with Gasteiger partial charge in [-0.25, -0.2) is 4.98 Å². The highest BCUT2D eigenvalue weighted by atomic mass is 19.4. The Morgan fingerprint density at radius 1 is 0.938 bits per heavy atom. The van der Waals surface area contributed by atoms with Crippen molar-refractivity contribution >= 4 is 0 Å². The Bertz CT molecular complexity index is 346. The van der Waals surface area contributed by atoms with Gasteiger partial charge in [0.15, 0.2) is 0 Å². The summed E-state index contributed by atoms with van der Waals surface area (Å²) in [6.07, 6.45) is -9.97. The highest BCUT2D eigenvalue weighted by molar-refractivity contribution is 5.25. The minimum atomic E-state index is -4.90. The molecule has 0 fully saturated rings. The molecule has 0 N–H and O–H groups in total. The van der Waals surface area contributed by atoms with Crippen LogP contribution in [0.15, 0.2) is 12.1 Å². The monoisotopic (exact) mass is 242 g/mol. The molecule has 0 aliphatic rings. The number of rotatable bonds is 1. The SMILES string of the molecule is [CH2]Cc1cc(C(F)(F)F)nc(C(F)(F)F)c1. The zero-order chi connectivity index (χ0) is 12.6. The fourth-order valence-electron chi connectivity index (χ4n) is 1.02. The van der Waals surface area contributed by atoms with Gasteiger partial charge in [-0.1, -0.05) is 0 Å². The summed E-state index contributed by atoms with van der Waals surface area (Å²) >= 11 is 0. The maximum absolute atomic E-state index is 12.2. The molecular weight excluding hydrogens is 236 g/mol. The summed E-state index contributed by atoms with van der Waals surface area (Å²) in [5.74, 6) is 0. The molecule has 0 saturated carbocycles. The van der Waals surface area contributed by atoms with Gasteiger partial charge in [0.25, 0.3) is 0 Å². The third-order valence-corrected chi connectivity index (χ3v) is 1.75. The molecule has 7 heteroatoms. The van der Waals surface area contributed by atoms with E-state index < -0.39 is 23.7 Å². The highest BCUT2D eigenvalue weighted by Crippen LogP contribution is 2.33. The van der Waals surface area contributed by atoms with Crippen molar-refractivity contribution in [2.24, 2.45) is 0 Å². The van der Waals surface area contributed by atoms with E-state index in [4.69, 9.17) is 0 Å². The van der Waals surface area contributed by atoms with Crippen molar-refractivity contribution in [3.8, 4) is 0 Å². The zero-order valence-electron chi connectivity index (χ0n) is 7.78. The second-order valence-electron chi connectivity index (χ2n) is 2.99. The number of nitrogens with zero attached hydrogens (tertiary/aromatic N) is 1. The summed E-state index contributed by atoms with van der Waals surface area (Å²) in [6.45, 7) is 3.24. The summed E-state index contributed by atoms with van der Waals surface area (Å²) in [7, 11) is 0. The lowest BCUT2D eigenvalue weighted by molar-refractivity contribution is -0.150. The molecule has 0 aliphatic heterocycles. The number of hydrogen-bond donors (Lipinski definition) is 0. The predicted molar refractivity (Wildman–Crippen MR) is 43.3 cm³/mol. The van der Waals surface area contributed by atoms with E-state index in [0.29, 0.717) is 12.1 Å². The van der Waals surface area contributed by atoms with Crippen molar-refractivity contribution < 1.29 is 26.3 Å². The molecule has 0 bridgehead atoms. The fraction of sp³-hybridized carbons (Fsp3) is 0.333. The van der Waals surface area contributed by atoms with Crippen molar-refractivity contribution in [2.45, 2.75) is 18.8 Å². The van der Waals surface area contributed by atoms with E-state index in [1.165, 1.54) is 0 Å². The van der Waals surface area contributed by atoms with Crippen LogP contribution in [0.2, 0.25) is 0 Å². The molecule has 0 amide bonds. The lowest BCUT2D eigenvalue weighted by Crippen LogP contribution is -2.15. The molecule has 1 radical (unpaired) electrons. The molecule has 16 heavy (non-hydrogen) atoms. The first-order valence-corrected chi connectivity index (χ1v) is 4.09. The van der Waals surface area contributed by atoms with Crippen molar-refractivity contribution in [3.63, 3.8) is 0 Å². The van der Waals surface area contributed by atoms with Gasteiger partial charge < -0.3 is 0 Å². The lowest BCUT2D eigenvalue weighted by atomic mass is 10.1. The van der Waals surface area contributed by atoms with Crippen LogP contribution in [0.3, 0.4) is 0 Å². The average Bonchev–Trinajstić information content (AvgIpc) is 2.14. The van der Waals surface area contributed by atoms with Crippen LogP contribution < -0.4 is 0 Å². The van der Waals surface area contributed by atoms with Gasteiger partial charge in [-0.05, 0) is 31.0 Å². The Morgan fingerprint density at radius 2 is 1.31 bits per heavy atom. The maximum atomic E-state index is 12.2. The summed E-state index contributed by atoms with van der Waals surface area (Å²) in [6, 6.07) is 1.12. The van der Waals surface area contributed by atoms with Crippen molar-refractivity contribution in [2.75, 3.05) is 0 Å². The smallest absolute Gasteiger partial charge is 0.239 e. The second kappa shape index (κ2) is 3.95. The van der Waals surface area contributed by atoms with Crippen molar-refractivity contribution in [1.82, 2.24) is 4.98 Å². The predicted octanol–water partition coefficient (Wildman–Crippen LogP) is 3.50. The number of hydrogen-bond acceptors (Lipinski definition) is 1. The number of pyridine rings is 1. The second-order valence-corrected chi connectivity index (χ2v) is 2.99. The first-order chi connectivity index (χ1) is 7.14. The minimum absolute atomic E-state index is 0.158. The Kier molecular flexibility index (Phi) is 3.16. The molecule has 0 unspecified atom stereocenters. The number of halogens is 6. The number of alkyl halides is 6. The first kappa shape index (κ1) is 12.8. The van der Waals surface area contributed by atoms with Crippen LogP contribution in [0, 0.1) is 6.92 Å². The zero-order valence-corrected chi connectivity index (χ0v) is 7.78. The van der Waals surface area contributed by atoms with Crippen LogP contribution in [0.1, 0.15) is 17.0 Å². The molecule has 0 aromatic carbocycles. The highest BCUT2D eigenvalue weighted by Gasteiger charge is 2.38. The molecule has 1 aromatic heterocycles. The summed E-state index contributed by atoms with van der Waals surface area (Å²) < 4.78 is 73.3. The molecule has 89 valence electrons. The normalized spacial score (nSPS) is 12.9. The average molecular weight is 242 g/mol.